The molecule has 0 aromatic heterocycles. The van der Waals surface area contributed by atoms with E-state index in [1.165, 1.54) is 0 Å². The van der Waals surface area contributed by atoms with Crippen LogP contribution in [0, 0.1) is 0 Å². The average molecular weight is 212 g/mol. The first-order valence-electron chi connectivity index (χ1n) is 5.75. The van der Waals surface area contributed by atoms with Crippen molar-refractivity contribution in [2.75, 3.05) is 26.2 Å². The summed E-state index contributed by atoms with van der Waals surface area (Å²) in [4.78, 5) is 13.6. The minimum Gasteiger partial charge on any atom is -0.353 e. The quantitative estimate of drug-likeness (QED) is 0.515. The van der Waals surface area contributed by atoms with E-state index in [0.717, 1.165) is 38.2 Å². The molecule has 0 rings (SSSR count). The normalized spacial score (nSPS) is 10.2. The molecule has 0 aromatic carbocycles. The summed E-state index contributed by atoms with van der Waals surface area (Å²) >= 11 is 0. The van der Waals surface area contributed by atoms with E-state index >= 15 is 0 Å². The minimum atomic E-state index is 0.0227. The highest BCUT2D eigenvalue weighted by Crippen LogP contribution is 1.90. The molecule has 0 radical (unpaired) electrons. The van der Waals surface area contributed by atoms with Crippen molar-refractivity contribution in [2.24, 2.45) is 0 Å². The zero-order valence-corrected chi connectivity index (χ0v) is 10.5. The average Bonchev–Trinajstić information content (AvgIpc) is 2.17. The number of rotatable bonds is 7. The zero-order valence-electron chi connectivity index (χ0n) is 10.5. The van der Waals surface area contributed by atoms with Gasteiger partial charge in [0.15, 0.2) is 0 Å². The summed E-state index contributed by atoms with van der Waals surface area (Å²) in [6, 6.07) is 0. The van der Waals surface area contributed by atoms with Gasteiger partial charge in [0.25, 0.3) is 0 Å². The van der Waals surface area contributed by atoms with Gasteiger partial charge in [-0.15, -0.1) is 0 Å². The van der Waals surface area contributed by atoms with Gasteiger partial charge < -0.3 is 10.2 Å². The molecule has 3 nitrogen and oxygen atoms in total. The summed E-state index contributed by atoms with van der Waals surface area (Å²) in [5.41, 5.74) is 1.04. The van der Waals surface area contributed by atoms with Crippen LogP contribution in [-0.2, 0) is 4.79 Å². The first kappa shape index (κ1) is 14.2. The number of hydrogen-bond acceptors (Lipinski definition) is 2. The molecule has 0 unspecified atom stereocenters. The van der Waals surface area contributed by atoms with Gasteiger partial charge in [-0.1, -0.05) is 19.4 Å². The van der Waals surface area contributed by atoms with E-state index in [1.54, 1.807) is 6.08 Å². The maximum absolute atomic E-state index is 11.2. The molecule has 0 aliphatic rings. The molecule has 0 aromatic rings. The molecular weight excluding hydrogens is 188 g/mol. The van der Waals surface area contributed by atoms with E-state index in [4.69, 9.17) is 0 Å². The van der Waals surface area contributed by atoms with Crippen LogP contribution in [0.25, 0.3) is 0 Å². The number of nitrogens with zero attached hydrogens (tertiary/aromatic N) is 1. The molecule has 0 heterocycles. The van der Waals surface area contributed by atoms with Gasteiger partial charge in [-0.2, -0.15) is 0 Å². The van der Waals surface area contributed by atoms with Crippen LogP contribution in [0.5, 0.6) is 0 Å². The van der Waals surface area contributed by atoms with Crippen LogP contribution in [0.15, 0.2) is 11.6 Å². The van der Waals surface area contributed by atoms with Crippen LogP contribution in [0.2, 0.25) is 0 Å². The van der Waals surface area contributed by atoms with Crippen molar-refractivity contribution in [3.05, 3.63) is 11.6 Å². The van der Waals surface area contributed by atoms with E-state index < -0.39 is 0 Å². The molecule has 3 heteroatoms. The van der Waals surface area contributed by atoms with Crippen molar-refractivity contribution in [3.63, 3.8) is 0 Å². The fourth-order valence-corrected chi connectivity index (χ4v) is 1.37. The lowest BCUT2D eigenvalue weighted by atomic mass is 10.3. The molecule has 15 heavy (non-hydrogen) atoms. The Kier molecular flexibility index (Phi) is 8.01. The SMILES string of the molecule is CCN(CC)CCCNC(=O)C=C(C)C. The number of carbonyl (C=O) groups excluding carboxylic acids is 1. The van der Waals surface area contributed by atoms with E-state index in [2.05, 4.69) is 24.1 Å². The standard InChI is InChI=1S/C12H24N2O/c1-5-14(6-2)9-7-8-13-12(15)10-11(3)4/h10H,5-9H2,1-4H3,(H,13,15). The maximum Gasteiger partial charge on any atom is 0.243 e. The van der Waals surface area contributed by atoms with E-state index in [9.17, 15) is 4.79 Å². The molecule has 0 fully saturated rings. The Bertz CT molecular complexity index is 204. The number of nitrogens with one attached hydrogen (secondary N) is 1. The highest BCUT2D eigenvalue weighted by molar-refractivity contribution is 5.87. The fourth-order valence-electron chi connectivity index (χ4n) is 1.37. The van der Waals surface area contributed by atoms with Crippen LogP contribution >= 0.6 is 0 Å². The second kappa shape index (κ2) is 8.48. The molecule has 0 aliphatic carbocycles. The highest BCUT2D eigenvalue weighted by atomic mass is 16.1. The third-order valence-electron chi connectivity index (χ3n) is 2.26. The van der Waals surface area contributed by atoms with Gasteiger partial charge in [0.1, 0.15) is 0 Å². The largest absolute Gasteiger partial charge is 0.353 e. The Balaban J connectivity index is 3.54. The monoisotopic (exact) mass is 212 g/mol. The van der Waals surface area contributed by atoms with Gasteiger partial charge in [0.05, 0.1) is 0 Å². The highest BCUT2D eigenvalue weighted by Gasteiger charge is 1.99. The third kappa shape index (κ3) is 8.18. The molecule has 0 saturated carbocycles. The van der Waals surface area contributed by atoms with Crippen molar-refractivity contribution in [3.8, 4) is 0 Å². The Hall–Kier alpha value is -0.830. The number of allylic oxidation sites excluding steroid dienone is 1. The molecular formula is C12H24N2O. The molecule has 0 aliphatic heterocycles. The number of hydrogen-bond donors (Lipinski definition) is 1. The Morgan fingerprint density at radius 1 is 1.27 bits per heavy atom. The minimum absolute atomic E-state index is 0.0227. The third-order valence-corrected chi connectivity index (χ3v) is 2.26. The molecule has 1 N–H and O–H groups in total. The van der Waals surface area contributed by atoms with Gasteiger partial charge in [-0.05, 0) is 39.9 Å². The van der Waals surface area contributed by atoms with E-state index in [-0.39, 0.29) is 5.91 Å². The molecule has 0 saturated heterocycles. The van der Waals surface area contributed by atoms with Crippen LogP contribution in [-0.4, -0.2) is 37.0 Å². The van der Waals surface area contributed by atoms with E-state index in [1.807, 2.05) is 13.8 Å². The van der Waals surface area contributed by atoms with Gasteiger partial charge in [0, 0.05) is 12.6 Å². The Labute approximate surface area is 93.5 Å². The lowest BCUT2D eigenvalue weighted by Gasteiger charge is -2.17. The summed E-state index contributed by atoms with van der Waals surface area (Å²) in [5.74, 6) is 0.0227. The topological polar surface area (TPSA) is 32.3 Å². The lowest BCUT2D eigenvalue weighted by molar-refractivity contribution is -0.116. The van der Waals surface area contributed by atoms with Crippen molar-refractivity contribution >= 4 is 5.91 Å². The maximum atomic E-state index is 11.2. The first-order chi connectivity index (χ1) is 7.10. The summed E-state index contributed by atoms with van der Waals surface area (Å²) < 4.78 is 0. The van der Waals surface area contributed by atoms with Crippen molar-refractivity contribution in [1.29, 1.82) is 0 Å². The predicted molar refractivity (Wildman–Crippen MR) is 64.8 cm³/mol. The van der Waals surface area contributed by atoms with Crippen molar-refractivity contribution in [1.82, 2.24) is 10.2 Å². The fraction of sp³-hybridized carbons (Fsp3) is 0.750. The molecule has 0 spiro atoms. The second-order valence-electron chi connectivity index (χ2n) is 3.89. The Morgan fingerprint density at radius 3 is 2.33 bits per heavy atom. The van der Waals surface area contributed by atoms with Gasteiger partial charge in [0.2, 0.25) is 5.91 Å². The van der Waals surface area contributed by atoms with Gasteiger partial charge in [-0.3, -0.25) is 4.79 Å². The van der Waals surface area contributed by atoms with Crippen molar-refractivity contribution in [2.45, 2.75) is 34.1 Å². The molecule has 0 atom stereocenters. The lowest BCUT2D eigenvalue weighted by Crippen LogP contribution is -2.29. The van der Waals surface area contributed by atoms with Crippen LogP contribution in [0.1, 0.15) is 34.1 Å². The summed E-state index contributed by atoms with van der Waals surface area (Å²) in [6.45, 7) is 12.2. The predicted octanol–water partition coefficient (Wildman–Crippen LogP) is 1.80. The van der Waals surface area contributed by atoms with E-state index in [0.29, 0.717) is 0 Å². The van der Waals surface area contributed by atoms with Crippen molar-refractivity contribution < 1.29 is 4.79 Å². The zero-order chi connectivity index (χ0) is 11.7. The molecule has 1 amide bonds. The second-order valence-corrected chi connectivity index (χ2v) is 3.89. The van der Waals surface area contributed by atoms with Gasteiger partial charge in [-0.25, -0.2) is 0 Å². The molecule has 0 bridgehead atoms. The molecule has 88 valence electrons. The number of carbonyl (C=O) groups is 1. The van der Waals surface area contributed by atoms with Crippen LogP contribution in [0.3, 0.4) is 0 Å². The first-order valence-corrected chi connectivity index (χ1v) is 5.75. The summed E-state index contributed by atoms with van der Waals surface area (Å²) in [5, 5.41) is 2.88. The summed E-state index contributed by atoms with van der Waals surface area (Å²) in [7, 11) is 0. The summed E-state index contributed by atoms with van der Waals surface area (Å²) in [6.07, 6.45) is 2.65. The van der Waals surface area contributed by atoms with Crippen LogP contribution in [0.4, 0.5) is 0 Å². The number of amides is 1. The van der Waals surface area contributed by atoms with Crippen LogP contribution < -0.4 is 5.32 Å². The Morgan fingerprint density at radius 2 is 1.87 bits per heavy atom. The smallest absolute Gasteiger partial charge is 0.243 e. The van der Waals surface area contributed by atoms with Gasteiger partial charge >= 0.3 is 0 Å².